The quantitative estimate of drug-likeness (QED) is 0.334. The summed E-state index contributed by atoms with van der Waals surface area (Å²) < 4.78 is 5.83. The number of likely N-dealkylation sites (N-methyl/N-ethyl adjacent to an activating group) is 1. The Balaban J connectivity index is 0.00000243. The molecular formula is C19H27IN2O2S2. The van der Waals surface area contributed by atoms with Gasteiger partial charge in [-0.25, -0.2) is 4.79 Å². The Kier molecular flexibility index (Phi) is 7.76. The molecule has 0 unspecified atom stereocenters. The maximum Gasteiger partial charge on any atom is 0.383 e. The molecule has 1 fully saturated rings. The molecule has 144 valence electrons. The van der Waals surface area contributed by atoms with Crippen LogP contribution in [0.1, 0.15) is 32.3 Å². The first-order valence-electron chi connectivity index (χ1n) is 8.82. The summed E-state index contributed by atoms with van der Waals surface area (Å²) >= 11 is 0. The van der Waals surface area contributed by atoms with E-state index in [1.807, 2.05) is 24.4 Å². The molecule has 0 radical (unpaired) electrons. The Hall–Kier alpha value is -0.380. The van der Waals surface area contributed by atoms with Gasteiger partial charge in [-0.3, -0.25) is 0 Å². The number of nitrogens with one attached hydrogen (secondary N) is 2. The van der Waals surface area contributed by atoms with E-state index in [0.29, 0.717) is 5.75 Å². The van der Waals surface area contributed by atoms with Gasteiger partial charge >= 0.3 is 5.30 Å². The molecule has 1 saturated carbocycles. The van der Waals surface area contributed by atoms with E-state index >= 15 is 0 Å². The van der Waals surface area contributed by atoms with Crippen molar-refractivity contribution < 1.29 is 38.4 Å². The van der Waals surface area contributed by atoms with E-state index in [1.165, 1.54) is 34.1 Å². The van der Waals surface area contributed by atoms with E-state index in [-0.39, 0.29) is 34.0 Å². The lowest BCUT2D eigenvalue weighted by molar-refractivity contribution is -0.858. The minimum Gasteiger partial charge on any atom is -1.00 e. The summed E-state index contributed by atoms with van der Waals surface area (Å²) in [5.74, 6) is 1.39. The third kappa shape index (κ3) is 5.56. The topological polar surface area (TPSA) is 46.5 Å². The van der Waals surface area contributed by atoms with Crippen LogP contribution >= 0.6 is 21.6 Å². The van der Waals surface area contributed by atoms with Crippen molar-refractivity contribution in [3.8, 4) is 5.75 Å². The first-order valence-corrected chi connectivity index (χ1v) is 11.0. The van der Waals surface area contributed by atoms with E-state index in [4.69, 9.17) is 4.74 Å². The Bertz CT molecular complexity index is 757. The van der Waals surface area contributed by atoms with Gasteiger partial charge in [0, 0.05) is 39.1 Å². The van der Waals surface area contributed by atoms with Gasteiger partial charge in [0.2, 0.25) is 0 Å². The first-order chi connectivity index (χ1) is 11.9. The summed E-state index contributed by atoms with van der Waals surface area (Å²) in [5.41, 5.74) is 2.22. The number of benzene rings is 1. The third-order valence-corrected chi connectivity index (χ3v) is 7.73. The van der Waals surface area contributed by atoms with Gasteiger partial charge in [0.05, 0.1) is 20.6 Å². The van der Waals surface area contributed by atoms with Crippen LogP contribution in [0, 0.1) is 5.92 Å². The number of carbonyl (C=O) groups excluding carboxylic acids is 1. The van der Waals surface area contributed by atoms with Crippen LogP contribution in [0.3, 0.4) is 0 Å². The Labute approximate surface area is 180 Å². The van der Waals surface area contributed by atoms with Gasteiger partial charge in [-0.1, -0.05) is 16.9 Å². The maximum absolute atomic E-state index is 12.4. The first kappa shape index (κ1) is 21.9. The van der Waals surface area contributed by atoms with E-state index < -0.39 is 0 Å². The fourth-order valence-corrected chi connectivity index (χ4v) is 5.12. The molecule has 1 aromatic heterocycles. The Morgan fingerprint density at radius 1 is 1.35 bits per heavy atom. The number of halogens is 1. The van der Waals surface area contributed by atoms with E-state index in [1.54, 1.807) is 10.8 Å². The summed E-state index contributed by atoms with van der Waals surface area (Å²) in [4.78, 5) is 17.0. The van der Waals surface area contributed by atoms with Crippen molar-refractivity contribution in [1.29, 1.82) is 0 Å². The second-order valence-corrected chi connectivity index (χ2v) is 10.3. The summed E-state index contributed by atoms with van der Waals surface area (Å²) in [6.45, 7) is 5.46. The molecule has 1 heterocycles. The minimum absolute atomic E-state index is 0. The number of aromatic nitrogens is 1. The van der Waals surface area contributed by atoms with Crippen LogP contribution < -0.4 is 33.6 Å². The van der Waals surface area contributed by atoms with Gasteiger partial charge in [0.25, 0.3) is 0 Å². The van der Waals surface area contributed by atoms with Gasteiger partial charge in [0.15, 0.2) is 0 Å². The minimum atomic E-state index is -0.239. The fraction of sp³-hybridized carbons (Fsp3) is 0.526. The normalized spacial score (nSPS) is 14.5. The highest BCUT2D eigenvalue weighted by molar-refractivity contribution is 8.82. The molecule has 3 rings (SSSR count). The number of hydrogen-bond donors (Lipinski definition) is 2. The van der Waals surface area contributed by atoms with Crippen molar-refractivity contribution in [1.82, 2.24) is 4.98 Å². The van der Waals surface area contributed by atoms with Gasteiger partial charge in [-0.2, -0.15) is 0 Å². The van der Waals surface area contributed by atoms with Crippen LogP contribution in [0.5, 0.6) is 5.75 Å². The lowest BCUT2D eigenvalue weighted by Gasteiger charge is -2.21. The van der Waals surface area contributed by atoms with Crippen LogP contribution in [0.4, 0.5) is 4.79 Å². The molecule has 0 amide bonds. The van der Waals surface area contributed by atoms with Gasteiger partial charge < -0.3 is 38.6 Å². The predicted molar refractivity (Wildman–Crippen MR) is 108 cm³/mol. The highest BCUT2D eigenvalue weighted by Gasteiger charge is 2.39. The average molecular weight is 506 g/mol. The van der Waals surface area contributed by atoms with Crippen LogP contribution in [-0.2, 0) is 6.42 Å². The molecule has 0 atom stereocenters. The molecule has 7 heteroatoms. The maximum atomic E-state index is 12.4. The lowest BCUT2D eigenvalue weighted by atomic mass is 10.1. The van der Waals surface area contributed by atoms with E-state index in [0.717, 1.165) is 29.8 Å². The average Bonchev–Trinajstić information content (AvgIpc) is 3.33. The molecule has 0 bridgehead atoms. The monoisotopic (exact) mass is 506 g/mol. The summed E-state index contributed by atoms with van der Waals surface area (Å²) in [7, 11) is 7.14. The summed E-state index contributed by atoms with van der Waals surface area (Å²) in [6, 6.07) is 5.84. The van der Waals surface area contributed by atoms with Crippen molar-refractivity contribution in [2.24, 2.45) is 5.92 Å². The van der Waals surface area contributed by atoms with Crippen LogP contribution in [0.25, 0.3) is 10.9 Å². The zero-order valence-electron chi connectivity index (χ0n) is 15.7. The molecule has 0 saturated heterocycles. The largest absolute Gasteiger partial charge is 1.00 e. The molecule has 1 aliphatic rings. The number of fused-ring (bicyclic) bond motifs is 1. The van der Waals surface area contributed by atoms with Crippen molar-refractivity contribution in [2.45, 2.75) is 37.9 Å². The van der Waals surface area contributed by atoms with Crippen LogP contribution in [-0.4, -0.2) is 35.7 Å². The number of rotatable bonds is 7. The zero-order chi connectivity index (χ0) is 18.0. The highest BCUT2D eigenvalue weighted by atomic mass is 127. The predicted octanol–water partition coefficient (Wildman–Crippen LogP) is 0.928. The van der Waals surface area contributed by atoms with Crippen molar-refractivity contribution in [2.75, 3.05) is 20.6 Å². The van der Waals surface area contributed by atoms with Crippen molar-refractivity contribution in [3.05, 3.63) is 30.0 Å². The van der Waals surface area contributed by atoms with Gasteiger partial charge in [-0.05, 0) is 50.3 Å². The number of carbonyl (C=O) groups is 1. The molecule has 4 nitrogen and oxygen atoms in total. The number of H-pyrrole nitrogens is 1. The highest BCUT2D eigenvalue weighted by Crippen LogP contribution is 2.51. The zero-order valence-corrected chi connectivity index (χ0v) is 19.5. The van der Waals surface area contributed by atoms with Gasteiger partial charge in [-0.15, -0.1) is 0 Å². The van der Waals surface area contributed by atoms with Crippen LogP contribution in [0.15, 0.2) is 24.4 Å². The standard InChI is InChI=1S/C19H26N2O2S2.HI/c1-19(2,14-8-9-14)25-24-18(22)23-16-7-5-6-15-17(16)13(12-20-15)10-11-21(3)4;/h5-7,12,14,20H,8-11H2,1-4H3;1H. The SMILES string of the molecule is C[NH+](C)CCc1c[nH]c2cccc(OC(=O)SSC(C)(C)C3CC3)c12.[I-]. The lowest BCUT2D eigenvalue weighted by Crippen LogP contribution is -3.05. The second-order valence-electron chi connectivity index (χ2n) is 7.60. The van der Waals surface area contributed by atoms with Gasteiger partial charge in [0.1, 0.15) is 5.75 Å². The van der Waals surface area contributed by atoms with Crippen molar-refractivity contribution in [3.63, 3.8) is 0 Å². The Morgan fingerprint density at radius 2 is 2.08 bits per heavy atom. The second kappa shape index (κ2) is 9.21. The molecular weight excluding hydrogens is 479 g/mol. The van der Waals surface area contributed by atoms with E-state index in [2.05, 4.69) is 32.9 Å². The number of aromatic amines is 1. The fourth-order valence-electron chi connectivity index (χ4n) is 2.98. The van der Waals surface area contributed by atoms with Crippen molar-refractivity contribution >= 4 is 37.8 Å². The van der Waals surface area contributed by atoms with Crippen LogP contribution in [0.2, 0.25) is 0 Å². The molecule has 0 aliphatic heterocycles. The molecule has 2 aromatic rings. The Morgan fingerprint density at radius 3 is 2.73 bits per heavy atom. The molecule has 2 N–H and O–H groups in total. The molecule has 1 aromatic carbocycles. The third-order valence-electron chi connectivity index (χ3n) is 4.72. The molecule has 26 heavy (non-hydrogen) atoms. The van der Waals surface area contributed by atoms with E-state index in [9.17, 15) is 4.79 Å². The molecule has 0 spiro atoms. The summed E-state index contributed by atoms with van der Waals surface area (Å²) in [5, 5.41) is 0.792. The smallest absolute Gasteiger partial charge is 0.383 e. The number of quaternary nitrogens is 1. The number of ether oxygens (including phenoxy) is 1. The molecule has 1 aliphatic carbocycles. The number of hydrogen-bond acceptors (Lipinski definition) is 4. The summed E-state index contributed by atoms with van der Waals surface area (Å²) in [6.07, 6.45) is 5.53.